The van der Waals surface area contributed by atoms with E-state index in [0.717, 1.165) is 17.1 Å². The Hall–Kier alpha value is -0.680. The van der Waals surface area contributed by atoms with Crippen LogP contribution in [-0.4, -0.2) is 45.1 Å². The van der Waals surface area contributed by atoms with Gasteiger partial charge in [0.25, 0.3) is 0 Å². The van der Waals surface area contributed by atoms with Crippen LogP contribution in [0.2, 0.25) is 0 Å². The van der Waals surface area contributed by atoms with E-state index in [-0.39, 0.29) is 35.3 Å². The van der Waals surface area contributed by atoms with E-state index in [4.69, 9.17) is 5.11 Å². The van der Waals surface area contributed by atoms with Crippen molar-refractivity contribution < 1.29 is 15.0 Å². The van der Waals surface area contributed by atoms with Gasteiger partial charge in [0.2, 0.25) is 0 Å². The predicted molar refractivity (Wildman–Crippen MR) is 66.6 cm³/mol. The average Bonchev–Trinajstić information content (AvgIpc) is 2.22. The van der Waals surface area contributed by atoms with Crippen LogP contribution in [0.25, 0.3) is 10.8 Å². The van der Waals surface area contributed by atoms with Gasteiger partial charge in [-0.25, -0.2) is 4.79 Å². The maximum atomic E-state index is 10.6. The van der Waals surface area contributed by atoms with Gasteiger partial charge in [-0.3, -0.25) is 0 Å². The van der Waals surface area contributed by atoms with Crippen LogP contribution in [0, 0.1) is 0 Å². The van der Waals surface area contributed by atoms with Crippen molar-refractivity contribution in [2.45, 2.75) is 4.90 Å². The monoisotopic (exact) mass is 244 g/mol. The topological polar surface area (TPSA) is 57.5 Å². The molecule has 78 valence electrons. The summed E-state index contributed by atoms with van der Waals surface area (Å²) in [5, 5.41) is 18.7. The molecule has 2 N–H and O–H groups in total. The Morgan fingerprint density at radius 3 is 2.31 bits per heavy atom. The number of phenols is 1. The number of phenolic OH excluding ortho intramolecular Hbond substituents is 1. The van der Waals surface area contributed by atoms with E-state index < -0.39 is 5.30 Å². The van der Waals surface area contributed by atoms with Gasteiger partial charge in [0.1, 0.15) is 5.75 Å². The maximum absolute atomic E-state index is 10.6. The first kappa shape index (κ1) is 13.4. The Morgan fingerprint density at radius 2 is 1.69 bits per heavy atom. The fourth-order valence-electron chi connectivity index (χ4n) is 1.44. The molecule has 2 aromatic rings. The van der Waals surface area contributed by atoms with Gasteiger partial charge in [-0.2, -0.15) is 0 Å². The molecule has 16 heavy (non-hydrogen) atoms. The van der Waals surface area contributed by atoms with Crippen LogP contribution in [0.1, 0.15) is 0 Å². The first-order valence-corrected chi connectivity index (χ1v) is 5.11. The zero-order chi connectivity index (χ0) is 10.8. The van der Waals surface area contributed by atoms with Crippen LogP contribution in [-0.2, 0) is 0 Å². The van der Waals surface area contributed by atoms with Gasteiger partial charge >= 0.3 is 34.9 Å². The third-order valence-corrected chi connectivity index (χ3v) is 2.81. The van der Waals surface area contributed by atoms with Gasteiger partial charge in [0.05, 0.1) is 0 Å². The fraction of sp³-hybridized carbons (Fsp3) is 0. The Labute approximate surface area is 119 Å². The van der Waals surface area contributed by atoms with Crippen LogP contribution in [0.4, 0.5) is 4.79 Å². The molecule has 5 heteroatoms. The van der Waals surface area contributed by atoms with Crippen LogP contribution >= 0.6 is 11.8 Å². The summed E-state index contributed by atoms with van der Waals surface area (Å²) >= 11 is 0.742. The minimum atomic E-state index is -0.953. The van der Waals surface area contributed by atoms with Crippen molar-refractivity contribution in [3.05, 3.63) is 36.4 Å². The number of carboxylic acid groups (broad SMARTS) is 1. The second-order valence-electron chi connectivity index (χ2n) is 3.00. The molecule has 0 radical (unpaired) electrons. The van der Waals surface area contributed by atoms with Crippen LogP contribution in [0.5, 0.6) is 5.75 Å². The summed E-state index contributed by atoms with van der Waals surface area (Å²) in [7, 11) is 0. The van der Waals surface area contributed by atoms with Crippen molar-refractivity contribution in [1.29, 1.82) is 0 Å². The van der Waals surface area contributed by atoms with Crippen LogP contribution in [0.15, 0.2) is 41.3 Å². The number of thioether (sulfide) groups is 1. The number of hydrogen-bond donors (Lipinski definition) is 2. The van der Waals surface area contributed by atoms with E-state index in [2.05, 4.69) is 0 Å². The van der Waals surface area contributed by atoms with Crippen molar-refractivity contribution in [1.82, 2.24) is 0 Å². The summed E-state index contributed by atoms with van der Waals surface area (Å²) in [5.74, 6) is 0.167. The van der Waals surface area contributed by atoms with Crippen LogP contribution in [0.3, 0.4) is 0 Å². The molecule has 0 fully saturated rings. The zero-order valence-electron chi connectivity index (χ0n) is 7.68. The first-order valence-electron chi connectivity index (χ1n) is 4.30. The van der Waals surface area contributed by atoms with Crippen molar-refractivity contribution in [3.63, 3.8) is 0 Å². The second-order valence-corrected chi connectivity index (χ2v) is 3.99. The molecule has 3 nitrogen and oxygen atoms in total. The third-order valence-electron chi connectivity index (χ3n) is 2.06. The average molecular weight is 244 g/mol. The standard InChI is InChI=1S/C11H8O3S.Na.H/c12-9-5-6-10(15-11(13)14)8-4-2-1-3-7(8)9;;/h1-6,12H,(H,13,14);;. The van der Waals surface area contributed by atoms with Crippen LogP contribution < -0.4 is 0 Å². The van der Waals surface area contributed by atoms with Gasteiger partial charge in [-0.05, 0) is 29.3 Å². The zero-order valence-corrected chi connectivity index (χ0v) is 8.49. The molecule has 0 amide bonds. The van der Waals surface area contributed by atoms with Gasteiger partial charge in [0.15, 0.2) is 0 Å². The number of hydrogen-bond acceptors (Lipinski definition) is 3. The number of fused-ring (bicyclic) bond motifs is 1. The van der Waals surface area contributed by atoms with E-state index in [1.54, 1.807) is 24.3 Å². The normalized spacial score (nSPS) is 9.75. The number of carbonyl (C=O) groups is 1. The quantitative estimate of drug-likeness (QED) is 0.598. The van der Waals surface area contributed by atoms with E-state index >= 15 is 0 Å². The molecular weight excluding hydrogens is 235 g/mol. The van der Waals surface area contributed by atoms with E-state index in [0.29, 0.717) is 10.3 Å². The molecular formula is C11H9NaO3S. The molecule has 0 bridgehead atoms. The SMILES string of the molecule is O=C(O)Sc1ccc(O)c2ccccc12.[NaH]. The Bertz CT molecular complexity index is 528. The molecule has 0 unspecified atom stereocenters. The molecule has 0 saturated heterocycles. The summed E-state index contributed by atoms with van der Waals surface area (Å²) in [6.07, 6.45) is 0. The molecule has 0 saturated carbocycles. The van der Waals surface area contributed by atoms with Gasteiger partial charge < -0.3 is 10.2 Å². The molecule has 0 atom stereocenters. The van der Waals surface area contributed by atoms with Gasteiger partial charge in [-0.15, -0.1) is 0 Å². The summed E-state index contributed by atoms with van der Waals surface area (Å²) < 4.78 is 0. The number of benzene rings is 2. The van der Waals surface area contributed by atoms with Gasteiger partial charge in [0, 0.05) is 10.3 Å². The third kappa shape index (κ3) is 2.71. The Kier molecular flexibility index (Phi) is 4.68. The Balaban J connectivity index is 0.00000128. The van der Waals surface area contributed by atoms with Crippen molar-refractivity contribution in [2.24, 2.45) is 0 Å². The summed E-state index contributed by atoms with van der Waals surface area (Å²) in [5.41, 5.74) is 0. The van der Waals surface area contributed by atoms with Gasteiger partial charge in [-0.1, -0.05) is 24.3 Å². The second kappa shape index (κ2) is 5.59. The molecule has 0 heterocycles. The molecule has 2 rings (SSSR count). The summed E-state index contributed by atoms with van der Waals surface area (Å²) in [6.45, 7) is 0. The molecule has 2 aromatic carbocycles. The fourth-order valence-corrected chi connectivity index (χ4v) is 2.05. The number of rotatable bonds is 1. The van der Waals surface area contributed by atoms with Crippen molar-refractivity contribution in [2.75, 3.05) is 0 Å². The summed E-state index contributed by atoms with van der Waals surface area (Å²) in [4.78, 5) is 11.2. The van der Waals surface area contributed by atoms with Crippen molar-refractivity contribution in [3.8, 4) is 5.75 Å². The molecule has 0 spiro atoms. The summed E-state index contributed by atoms with van der Waals surface area (Å²) in [6, 6.07) is 10.3. The molecule has 0 aliphatic heterocycles. The Morgan fingerprint density at radius 1 is 1.06 bits per heavy atom. The van der Waals surface area contributed by atoms with E-state index in [1.165, 1.54) is 6.07 Å². The van der Waals surface area contributed by atoms with E-state index in [1.807, 2.05) is 6.07 Å². The first-order chi connectivity index (χ1) is 7.18. The van der Waals surface area contributed by atoms with E-state index in [9.17, 15) is 9.90 Å². The molecule has 0 aromatic heterocycles. The minimum absolute atomic E-state index is 0. The molecule has 0 aliphatic rings. The predicted octanol–water partition coefficient (Wildman–Crippen LogP) is 2.67. The molecule has 0 aliphatic carbocycles. The van der Waals surface area contributed by atoms with Crippen molar-refractivity contribution >= 4 is 57.4 Å². The number of aromatic hydroxyl groups is 1.